The molecule has 0 aromatic heterocycles. The quantitative estimate of drug-likeness (QED) is 0.779. The van der Waals surface area contributed by atoms with E-state index in [0.717, 1.165) is 25.1 Å². The first kappa shape index (κ1) is 14.0. The summed E-state index contributed by atoms with van der Waals surface area (Å²) in [4.78, 5) is 0. The van der Waals surface area contributed by atoms with Crippen LogP contribution in [0.5, 0.6) is 5.75 Å². The highest BCUT2D eigenvalue weighted by molar-refractivity contribution is 5.21. The fourth-order valence-corrected chi connectivity index (χ4v) is 1.48. The summed E-state index contributed by atoms with van der Waals surface area (Å²) in [5.74, 6) is 0.954. The maximum absolute atomic E-state index is 5.94. The number of para-hydroxylation sites is 1. The Morgan fingerprint density at radius 3 is 2.35 bits per heavy atom. The van der Waals surface area contributed by atoms with Gasteiger partial charge in [-0.05, 0) is 38.8 Å². The summed E-state index contributed by atoms with van der Waals surface area (Å²) in [5, 5.41) is 3.55. The molecule has 0 aliphatic heterocycles. The van der Waals surface area contributed by atoms with Crippen LogP contribution < -0.4 is 10.1 Å². The number of hydrogen-bond acceptors (Lipinski definition) is 2. The van der Waals surface area contributed by atoms with Crippen LogP contribution in [0.2, 0.25) is 0 Å². The largest absolute Gasteiger partial charge is 0.489 e. The standard InChI is InChI=1S/C15H25NO/c1-5-13(12-16-15(3,4)6-2)17-14-10-8-7-9-11-14/h7-11,13,16H,5-6,12H2,1-4H3. The Morgan fingerprint density at radius 2 is 1.82 bits per heavy atom. The van der Waals surface area contributed by atoms with Gasteiger partial charge in [-0.2, -0.15) is 0 Å². The van der Waals surface area contributed by atoms with Crippen molar-refractivity contribution in [3.05, 3.63) is 30.3 Å². The van der Waals surface area contributed by atoms with E-state index < -0.39 is 0 Å². The Hall–Kier alpha value is -1.02. The molecule has 0 saturated carbocycles. The number of nitrogens with one attached hydrogen (secondary N) is 1. The van der Waals surface area contributed by atoms with Gasteiger partial charge in [0.05, 0.1) is 0 Å². The van der Waals surface area contributed by atoms with E-state index >= 15 is 0 Å². The average molecular weight is 235 g/mol. The zero-order valence-electron chi connectivity index (χ0n) is 11.5. The summed E-state index contributed by atoms with van der Waals surface area (Å²) >= 11 is 0. The number of rotatable bonds is 7. The minimum Gasteiger partial charge on any atom is -0.489 e. The third-order valence-corrected chi connectivity index (χ3v) is 3.19. The molecule has 2 heteroatoms. The van der Waals surface area contributed by atoms with Crippen LogP contribution in [0.1, 0.15) is 40.5 Å². The highest BCUT2D eigenvalue weighted by Crippen LogP contribution is 2.13. The zero-order chi connectivity index (χ0) is 12.7. The lowest BCUT2D eigenvalue weighted by atomic mass is 10.0. The van der Waals surface area contributed by atoms with Gasteiger partial charge < -0.3 is 10.1 Å². The lowest BCUT2D eigenvalue weighted by molar-refractivity contribution is 0.177. The van der Waals surface area contributed by atoms with Crippen molar-refractivity contribution in [3.8, 4) is 5.75 Å². The second-order valence-electron chi connectivity index (χ2n) is 5.08. The van der Waals surface area contributed by atoms with Crippen molar-refractivity contribution in [2.24, 2.45) is 0 Å². The minimum atomic E-state index is 0.188. The number of benzene rings is 1. The van der Waals surface area contributed by atoms with E-state index in [0.29, 0.717) is 0 Å². The predicted molar refractivity (Wildman–Crippen MR) is 73.5 cm³/mol. The van der Waals surface area contributed by atoms with Crippen molar-refractivity contribution in [1.29, 1.82) is 0 Å². The maximum Gasteiger partial charge on any atom is 0.119 e. The van der Waals surface area contributed by atoms with E-state index in [1.165, 1.54) is 0 Å². The van der Waals surface area contributed by atoms with Crippen LogP contribution in [-0.2, 0) is 0 Å². The lowest BCUT2D eigenvalue weighted by Crippen LogP contribution is -2.44. The molecule has 17 heavy (non-hydrogen) atoms. The van der Waals surface area contributed by atoms with Gasteiger partial charge in [0.2, 0.25) is 0 Å². The van der Waals surface area contributed by atoms with Crippen molar-refractivity contribution < 1.29 is 4.74 Å². The molecule has 1 rings (SSSR count). The molecule has 0 saturated heterocycles. The summed E-state index contributed by atoms with van der Waals surface area (Å²) in [6, 6.07) is 10.0. The summed E-state index contributed by atoms with van der Waals surface area (Å²) < 4.78 is 5.94. The molecule has 1 atom stereocenters. The maximum atomic E-state index is 5.94. The number of hydrogen-bond donors (Lipinski definition) is 1. The first-order valence-corrected chi connectivity index (χ1v) is 6.54. The molecule has 0 fully saturated rings. The van der Waals surface area contributed by atoms with E-state index in [1.807, 2.05) is 30.3 Å². The summed E-state index contributed by atoms with van der Waals surface area (Å²) in [7, 11) is 0. The van der Waals surface area contributed by atoms with Crippen molar-refractivity contribution in [2.75, 3.05) is 6.54 Å². The molecule has 1 N–H and O–H groups in total. The normalized spacial score (nSPS) is 13.4. The smallest absolute Gasteiger partial charge is 0.119 e. The fourth-order valence-electron chi connectivity index (χ4n) is 1.48. The molecule has 0 bridgehead atoms. The van der Waals surface area contributed by atoms with Crippen molar-refractivity contribution in [1.82, 2.24) is 5.32 Å². The van der Waals surface area contributed by atoms with Gasteiger partial charge in [-0.15, -0.1) is 0 Å². The molecular weight excluding hydrogens is 210 g/mol. The molecule has 1 unspecified atom stereocenters. The Labute approximate surface area is 105 Å². The molecule has 1 aromatic rings. The molecule has 2 nitrogen and oxygen atoms in total. The van der Waals surface area contributed by atoms with Crippen LogP contribution in [0.25, 0.3) is 0 Å². The van der Waals surface area contributed by atoms with Crippen LogP contribution in [-0.4, -0.2) is 18.2 Å². The van der Waals surface area contributed by atoms with Gasteiger partial charge in [0, 0.05) is 12.1 Å². The van der Waals surface area contributed by atoms with E-state index in [2.05, 4.69) is 33.0 Å². The Balaban J connectivity index is 2.44. The summed E-state index contributed by atoms with van der Waals surface area (Å²) in [5.41, 5.74) is 0.188. The average Bonchev–Trinajstić information content (AvgIpc) is 2.35. The van der Waals surface area contributed by atoms with Crippen molar-refractivity contribution in [3.63, 3.8) is 0 Å². The third-order valence-electron chi connectivity index (χ3n) is 3.19. The fraction of sp³-hybridized carbons (Fsp3) is 0.600. The van der Waals surface area contributed by atoms with Gasteiger partial charge in [-0.1, -0.05) is 32.0 Å². The van der Waals surface area contributed by atoms with Crippen LogP contribution in [0.4, 0.5) is 0 Å². The van der Waals surface area contributed by atoms with Crippen LogP contribution >= 0.6 is 0 Å². The Kier molecular flexibility index (Phi) is 5.49. The molecule has 96 valence electrons. The molecule has 1 aromatic carbocycles. The molecule has 0 heterocycles. The zero-order valence-corrected chi connectivity index (χ0v) is 11.5. The van der Waals surface area contributed by atoms with Gasteiger partial charge >= 0.3 is 0 Å². The van der Waals surface area contributed by atoms with Gasteiger partial charge in [0.25, 0.3) is 0 Å². The second kappa shape index (κ2) is 6.65. The monoisotopic (exact) mass is 235 g/mol. The summed E-state index contributed by atoms with van der Waals surface area (Å²) in [6.45, 7) is 9.71. The third kappa shape index (κ3) is 5.22. The highest BCUT2D eigenvalue weighted by atomic mass is 16.5. The van der Waals surface area contributed by atoms with Crippen molar-refractivity contribution >= 4 is 0 Å². The first-order valence-electron chi connectivity index (χ1n) is 6.54. The van der Waals surface area contributed by atoms with Gasteiger partial charge in [-0.25, -0.2) is 0 Å². The minimum absolute atomic E-state index is 0.188. The van der Waals surface area contributed by atoms with Crippen LogP contribution in [0, 0.1) is 0 Å². The first-order chi connectivity index (χ1) is 8.07. The number of ether oxygens (including phenoxy) is 1. The molecule has 0 aliphatic carbocycles. The van der Waals surface area contributed by atoms with Gasteiger partial charge in [-0.3, -0.25) is 0 Å². The second-order valence-corrected chi connectivity index (χ2v) is 5.08. The van der Waals surface area contributed by atoms with Crippen LogP contribution in [0.3, 0.4) is 0 Å². The highest BCUT2D eigenvalue weighted by Gasteiger charge is 2.16. The SMILES string of the molecule is CCC(CNC(C)(C)CC)Oc1ccccc1. The molecule has 0 spiro atoms. The van der Waals surface area contributed by atoms with E-state index in [-0.39, 0.29) is 11.6 Å². The van der Waals surface area contributed by atoms with E-state index in [1.54, 1.807) is 0 Å². The van der Waals surface area contributed by atoms with E-state index in [4.69, 9.17) is 4.74 Å². The van der Waals surface area contributed by atoms with E-state index in [9.17, 15) is 0 Å². The molecular formula is C15H25NO. The van der Waals surface area contributed by atoms with Crippen LogP contribution in [0.15, 0.2) is 30.3 Å². The topological polar surface area (TPSA) is 21.3 Å². The Morgan fingerprint density at radius 1 is 1.18 bits per heavy atom. The Bertz CT molecular complexity index is 308. The van der Waals surface area contributed by atoms with Crippen molar-refractivity contribution in [2.45, 2.75) is 52.2 Å². The summed E-state index contributed by atoms with van der Waals surface area (Å²) in [6.07, 6.45) is 2.37. The van der Waals surface area contributed by atoms with Gasteiger partial charge in [0.1, 0.15) is 11.9 Å². The lowest BCUT2D eigenvalue weighted by Gasteiger charge is -2.28. The predicted octanol–water partition coefficient (Wildman–Crippen LogP) is 3.62. The molecule has 0 radical (unpaired) electrons. The van der Waals surface area contributed by atoms with Gasteiger partial charge in [0.15, 0.2) is 0 Å². The molecule has 0 aliphatic rings. The molecule has 0 amide bonds.